The molecule has 0 fully saturated rings. The van der Waals surface area contributed by atoms with E-state index >= 15 is 0 Å². The molecule has 0 spiro atoms. The van der Waals surface area contributed by atoms with Crippen LogP contribution >= 0.6 is 0 Å². The molecule has 7 N–H and O–H groups in total. The number of nitrogens with two attached hydrogens (primary N) is 1. The fourth-order valence-corrected chi connectivity index (χ4v) is 2.30. The van der Waals surface area contributed by atoms with Crippen molar-refractivity contribution in [3.05, 3.63) is 35.9 Å². The second-order valence-corrected chi connectivity index (χ2v) is 6.36. The van der Waals surface area contributed by atoms with Gasteiger partial charge in [-0.05, 0) is 25.8 Å². The van der Waals surface area contributed by atoms with Gasteiger partial charge in [-0.3, -0.25) is 19.2 Å². The first-order valence-corrected chi connectivity index (χ1v) is 8.69. The zero-order chi connectivity index (χ0) is 21.3. The number of benzene rings is 1. The first-order chi connectivity index (χ1) is 13.1. The normalized spacial score (nSPS) is 14.9. The Labute approximate surface area is 162 Å². The van der Waals surface area contributed by atoms with Crippen LogP contribution in [0, 0.1) is 0 Å². The first kappa shape index (κ1) is 23.1. The minimum atomic E-state index is -1.37. The van der Waals surface area contributed by atoms with Crippen LogP contribution in [-0.4, -0.2) is 64.7 Å². The van der Waals surface area contributed by atoms with Gasteiger partial charge in [0, 0.05) is 0 Å². The van der Waals surface area contributed by atoms with Crippen molar-refractivity contribution in [2.45, 2.75) is 44.5 Å². The van der Waals surface area contributed by atoms with Crippen LogP contribution in [-0.2, 0) is 25.6 Å². The fourth-order valence-electron chi connectivity index (χ4n) is 2.30. The van der Waals surface area contributed by atoms with E-state index in [4.69, 9.17) is 10.8 Å². The molecule has 0 heterocycles. The summed E-state index contributed by atoms with van der Waals surface area (Å²) < 4.78 is 0. The highest BCUT2D eigenvalue weighted by Crippen LogP contribution is 2.02. The lowest BCUT2D eigenvalue weighted by atomic mass is 10.1. The SMILES string of the molecule is CC(NC(=O)C(N)Cc1ccccc1)C(=O)NC(C(=O)NCC(=O)O)C(C)O. The summed E-state index contributed by atoms with van der Waals surface area (Å²) in [6.07, 6.45) is -0.990. The molecule has 1 aromatic rings. The maximum Gasteiger partial charge on any atom is 0.322 e. The van der Waals surface area contributed by atoms with Gasteiger partial charge in [-0.2, -0.15) is 0 Å². The molecule has 0 saturated heterocycles. The van der Waals surface area contributed by atoms with Crippen molar-refractivity contribution < 1.29 is 29.4 Å². The van der Waals surface area contributed by atoms with Gasteiger partial charge >= 0.3 is 5.97 Å². The van der Waals surface area contributed by atoms with E-state index in [-0.39, 0.29) is 6.42 Å². The number of carbonyl (C=O) groups excluding carboxylic acids is 3. The van der Waals surface area contributed by atoms with Crippen molar-refractivity contribution in [1.29, 1.82) is 0 Å². The van der Waals surface area contributed by atoms with Crippen molar-refractivity contribution in [2.24, 2.45) is 5.73 Å². The fraction of sp³-hybridized carbons (Fsp3) is 0.444. The average Bonchev–Trinajstić information content (AvgIpc) is 2.64. The molecule has 0 radical (unpaired) electrons. The van der Waals surface area contributed by atoms with E-state index in [9.17, 15) is 24.3 Å². The summed E-state index contributed by atoms with van der Waals surface area (Å²) in [4.78, 5) is 46.9. The lowest BCUT2D eigenvalue weighted by molar-refractivity contribution is -0.139. The zero-order valence-electron chi connectivity index (χ0n) is 15.7. The van der Waals surface area contributed by atoms with Crippen LogP contribution in [0.15, 0.2) is 30.3 Å². The third kappa shape index (κ3) is 7.72. The predicted molar refractivity (Wildman–Crippen MR) is 100.0 cm³/mol. The highest BCUT2D eigenvalue weighted by Gasteiger charge is 2.28. The Morgan fingerprint density at radius 2 is 1.61 bits per heavy atom. The Bertz CT molecular complexity index is 695. The first-order valence-electron chi connectivity index (χ1n) is 8.69. The van der Waals surface area contributed by atoms with Crippen LogP contribution in [0.2, 0.25) is 0 Å². The molecule has 3 amide bonds. The number of carboxylic acid groups (broad SMARTS) is 1. The predicted octanol–water partition coefficient (Wildman–Crippen LogP) is -1.87. The van der Waals surface area contributed by atoms with Gasteiger partial charge in [0.05, 0.1) is 12.1 Å². The molecule has 28 heavy (non-hydrogen) atoms. The summed E-state index contributed by atoms with van der Waals surface area (Å²) in [5.74, 6) is -3.39. The maximum absolute atomic E-state index is 12.2. The lowest BCUT2D eigenvalue weighted by Crippen LogP contribution is -2.58. The highest BCUT2D eigenvalue weighted by atomic mass is 16.4. The van der Waals surface area contributed by atoms with Crippen molar-refractivity contribution in [3.63, 3.8) is 0 Å². The zero-order valence-corrected chi connectivity index (χ0v) is 15.7. The van der Waals surface area contributed by atoms with E-state index in [0.29, 0.717) is 0 Å². The van der Waals surface area contributed by atoms with Gasteiger partial charge < -0.3 is 31.9 Å². The summed E-state index contributed by atoms with van der Waals surface area (Å²) in [7, 11) is 0. The molecule has 0 saturated carbocycles. The van der Waals surface area contributed by atoms with E-state index in [1.807, 2.05) is 30.3 Å². The second-order valence-electron chi connectivity index (χ2n) is 6.36. The van der Waals surface area contributed by atoms with E-state index in [1.54, 1.807) is 0 Å². The van der Waals surface area contributed by atoms with Crippen molar-refractivity contribution >= 4 is 23.7 Å². The topological polar surface area (TPSA) is 171 Å². The van der Waals surface area contributed by atoms with Crippen LogP contribution in [0.25, 0.3) is 0 Å². The molecule has 0 aromatic heterocycles. The number of hydrogen-bond donors (Lipinski definition) is 6. The molecule has 10 heteroatoms. The molecule has 4 atom stereocenters. The van der Waals surface area contributed by atoms with Gasteiger partial charge in [0.25, 0.3) is 0 Å². The molecule has 4 unspecified atom stereocenters. The number of carbonyl (C=O) groups is 4. The van der Waals surface area contributed by atoms with Gasteiger partial charge in [-0.15, -0.1) is 0 Å². The minimum absolute atomic E-state index is 0.287. The Balaban J connectivity index is 2.60. The van der Waals surface area contributed by atoms with Crippen LogP contribution in [0.5, 0.6) is 0 Å². The van der Waals surface area contributed by atoms with E-state index in [0.717, 1.165) is 5.56 Å². The smallest absolute Gasteiger partial charge is 0.322 e. The average molecular weight is 394 g/mol. The summed E-state index contributed by atoms with van der Waals surface area (Å²) in [6, 6.07) is 5.87. The van der Waals surface area contributed by atoms with Crippen molar-refractivity contribution in [1.82, 2.24) is 16.0 Å². The Hall–Kier alpha value is -2.98. The largest absolute Gasteiger partial charge is 0.480 e. The molecule has 0 aliphatic rings. The second kappa shape index (κ2) is 11.0. The standard InChI is InChI=1S/C18H26N4O6/c1-10(21-17(27)13(19)8-12-6-4-3-5-7-12)16(26)22-15(11(2)23)18(28)20-9-14(24)25/h3-7,10-11,13,15,23H,8-9,19H2,1-2H3,(H,20,28)(H,21,27)(H,22,26)(H,24,25). The van der Waals surface area contributed by atoms with Crippen LogP contribution in [0.1, 0.15) is 19.4 Å². The lowest BCUT2D eigenvalue weighted by Gasteiger charge is -2.23. The summed E-state index contributed by atoms with van der Waals surface area (Å²) in [5.41, 5.74) is 6.73. The number of hydrogen-bond acceptors (Lipinski definition) is 6. The highest BCUT2D eigenvalue weighted by molar-refractivity contribution is 5.93. The Morgan fingerprint density at radius 1 is 1.00 bits per heavy atom. The summed E-state index contributed by atoms with van der Waals surface area (Å²) in [5, 5.41) is 25.1. The number of nitrogens with one attached hydrogen (secondary N) is 3. The number of aliphatic carboxylic acids is 1. The molecule has 0 bridgehead atoms. The minimum Gasteiger partial charge on any atom is -0.480 e. The van der Waals surface area contributed by atoms with E-state index in [2.05, 4.69) is 16.0 Å². The molecule has 154 valence electrons. The third-order valence-electron chi connectivity index (χ3n) is 3.86. The van der Waals surface area contributed by atoms with Crippen molar-refractivity contribution in [2.75, 3.05) is 6.54 Å². The number of carboxylic acids is 1. The number of aliphatic hydroxyl groups is 1. The number of amides is 3. The van der Waals surface area contributed by atoms with Gasteiger partial charge in [-0.25, -0.2) is 0 Å². The molecule has 0 aliphatic carbocycles. The summed E-state index contributed by atoms with van der Waals surface area (Å²) in [6.45, 7) is 2.01. The van der Waals surface area contributed by atoms with E-state index < -0.39 is 54.5 Å². The van der Waals surface area contributed by atoms with Crippen molar-refractivity contribution in [3.8, 4) is 0 Å². The molecule has 0 aliphatic heterocycles. The molecule has 10 nitrogen and oxygen atoms in total. The third-order valence-corrected chi connectivity index (χ3v) is 3.86. The van der Waals surface area contributed by atoms with Crippen LogP contribution in [0.3, 0.4) is 0 Å². The van der Waals surface area contributed by atoms with Crippen LogP contribution in [0.4, 0.5) is 0 Å². The van der Waals surface area contributed by atoms with E-state index in [1.165, 1.54) is 13.8 Å². The molecule has 1 aromatic carbocycles. The van der Waals surface area contributed by atoms with Gasteiger partial charge in [-0.1, -0.05) is 30.3 Å². The molecular formula is C18H26N4O6. The maximum atomic E-state index is 12.2. The Morgan fingerprint density at radius 3 is 2.14 bits per heavy atom. The monoisotopic (exact) mass is 394 g/mol. The Kier molecular flexibility index (Phi) is 9.06. The van der Waals surface area contributed by atoms with Crippen LogP contribution < -0.4 is 21.7 Å². The quantitative estimate of drug-likeness (QED) is 0.270. The van der Waals surface area contributed by atoms with Gasteiger partial charge in [0.2, 0.25) is 17.7 Å². The van der Waals surface area contributed by atoms with Gasteiger partial charge in [0.15, 0.2) is 0 Å². The van der Waals surface area contributed by atoms with Gasteiger partial charge in [0.1, 0.15) is 18.6 Å². The molecular weight excluding hydrogens is 368 g/mol. The number of rotatable bonds is 10. The summed E-state index contributed by atoms with van der Waals surface area (Å²) >= 11 is 0. The number of aliphatic hydroxyl groups excluding tert-OH is 1. The molecule has 1 rings (SSSR count).